The second-order valence-corrected chi connectivity index (χ2v) is 4.88. The zero-order chi connectivity index (χ0) is 12.1. The molecule has 88 valence electrons. The summed E-state index contributed by atoms with van der Waals surface area (Å²) in [5, 5.41) is 19.2. The SMILES string of the molecule is CC(O)C1(O)OC(C)(C)C(C)(C)OC1=O. The van der Waals surface area contributed by atoms with Gasteiger partial charge in [0.15, 0.2) is 0 Å². The Morgan fingerprint density at radius 1 is 1.20 bits per heavy atom. The summed E-state index contributed by atoms with van der Waals surface area (Å²) in [7, 11) is 0. The number of carbonyl (C=O) groups excluding carboxylic acids is 1. The van der Waals surface area contributed by atoms with E-state index >= 15 is 0 Å². The van der Waals surface area contributed by atoms with Crippen LogP contribution in [0.4, 0.5) is 0 Å². The van der Waals surface area contributed by atoms with Gasteiger partial charge in [0, 0.05) is 0 Å². The quantitative estimate of drug-likeness (QED) is 0.614. The lowest BCUT2D eigenvalue weighted by atomic mass is 9.86. The zero-order valence-electron chi connectivity index (χ0n) is 9.70. The smallest absolute Gasteiger partial charge is 0.370 e. The summed E-state index contributed by atoms with van der Waals surface area (Å²) in [4.78, 5) is 11.5. The van der Waals surface area contributed by atoms with Gasteiger partial charge < -0.3 is 19.7 Å². The molecule has 0 bridgehead atoms. The van der Waals surface area contributed by atoms with E-state index in [2.05, 4.69) is 0 Å². The number of aliphatic hydroxyl groups excluding tert-OH is 1. The molecule has 1 aliphatic heterocycles. The van der Waals surface area contributed by atoms with E-state index in [1.54, 1.807) is 27.7 Å². The Hall–Kier alpha value is -0.650. The molecule has 1 aliphatic rings. The molecule has 0 spiro atoms. The molecule has 1 heterocycles. The van der Waals surface area contributed by atoms with E-state index in [0.29, 0.717) is 0 Å². The standard InChI is InChI=1S/C10H18O5/c1-6(11)10(13)7(12)14-8(2,3)9(4,5)15-10/h6,11,13H,1-5H3. The van der Waals surface area contributed by atoms with Crippen molar-refractivity contribution in [1.82, 2.24) is 0 Å². The topological polar surface area (TPSA) is 76.0 Å². The van der Waals surface area contributed by atoms with Crippen LogP contribution in [0.3, 0.4) is 0 Å². The van der Waals surface area contributed by atoms with Crippen LogP contribution < -0.4 is 0 Å². The highest BCUT2D eigenvalue weighted by atomic mass is 16.7. The molecule has 0 aromatic rings. The molecule has 1 rings (SSSR count). The molecule has 0 aromatic carbocycles. The third kappa shape index (κ3) is 1.75. The lowest BCUT2D eigenvalue weighted by Crippen LogP contribution is -2.67. The molecule has 1 saturated heterocycles. The first-order chi connectivity index (χ1) is 6.53. The van der Waals surface area contributed by atoms with Gasteiger partial charge in [-0.3, -0.25) is 0 Å². The van der Waals surface area contributed by atoms with Crippen molar-refractivity contribution in [3.8, 4) is 0 Å². The summed E-state index contributed by atoms with van der Waals surface area (Å²) in [6, 6.07) is 0. The minimum Gasteiger partial charge on any atom is -0.453 e. The Bertz CT molecular complexity index is 282. The van der Waals surface area contributed by atoms with Crippen molar-refractivity contribution >= 4 is 5.97 Å². The normalized spacial score (nSPS) is 35.8. The Morgan fingerprint density at radius 3 is 2.07 bits per heavy atom. The molecule has 0 saturated carbocycles. The van der Waals surface area contributed by atoms with Gasteiger partial charge in [0.1, 0.15) is 17.3 Å². The van der Waals surface area contributed by atoms with Crippen molar-refractivity contribution in [3.63, 3.8) is 0 Å². The van der Waals surface area contributed by atoms with Gasteiger partial charge >= 0.3 is 5.97 Å². The summed E-state index contributed by atoms with van der Waals surface area (Å²) in [6.07, 6.45) is -1.35. The zero-order valence-corrected chi connectivity index (χ0v) is 9.70. The van der Waals surface area contributed by atoms with Crippen molar-refractivity contribution < 1.29 is 24.5 Å². The number of carbonyl (C=O) groups is 1. The molecule has 1 fully saturated rings. The second-order valence-electron chi connectivity index (χ2n) is 4.88. The van der Waals surface area contributed by atoms with Gasteiger partial charge in [0.25, 0.3) is 5.79 Å². The van der Waals surface area contributed by atoms with E-state index in [-0.39, 0.29) is 0 Å². The number of hydrogen-bond acceptors (Lipinski definition) is 5. The van der Waals surface area contributed by atoms with Crippen LogP contribution in [0.5, 0.6) is 0 Å². The Labute approximate surface area is 89.0 Å². The number of ether oxygens (including phenoxy) is 2. The third-order valence-electron chi connectivity index (χ3n) is 3.07. The molecule has 0 aromatic heterocycles. The van der Waals surface area contributed by atoms with E-state index in [1.807, 2.05) is 0 Å². The summed E-state index contributed by atoms with van der Waals surface area (Å²) in [5.74, 6) is -3.24. The summed E-state index contributed by atoms with van der Waals surface area (Å²) in [5.41, 5.74) is -1.74. The number of cyclic esters (lactones) is 1. The number of hydrogen-bond donors (Lipinski definition) is 2. The highest BCUT2D eigenvalue weighted by Crippen LogP contribution is 2.39. The number of esters is 1. The molecule has 2 unspecified atom stereocenters. The highest BCUT2D eigenvalue weighted by Gasteiger charge is 2.59. The van der Waals surface area contributed by atoms with Gasteiger partial charge in [-0.2, -0.15) is 0 Å². The van der Waals surface area contributed by atoms with E-state index in [1.165, 1.54) is 6.92 Å². The Morgan fingerprint density at radius 2 is 1.67 bits per heavy atom. The predicted molar refractivity (Wildman–Crippen MR) is 52.0 cm³/mol. The van der Waals surface area contributed by atoms with Crippen LogP contribution in [0, 0.1) is 0 Å². The predicted octanol–water partition coefficient (Wildman–Crippen LogP) is 0.186. The van der Waals surface area contributed by atoms with E-state index in [9.17, 15) is 15.0 Å². The van der Waals surface area contributed by atoms with Crippen molar-refractivity contribution in [1.29, 1.82) is 0 Å². The molecule has 15 heavy (non-hydrogen) atoms. The van der Waals surface area contributed by atoms with Gasteiger partial charge in [-0.05, 0) is 34.6 Å². The molecule has 0 amide bonds. The minimum atomic E-state index is -2.28. The fourth-order valence-electron chi connectivity index (χ4n) is 1.24. The molecule has 5 heteroatoms. The Balaban J connectivity index is 3.07. The molecular weight excluding hydrogens is 200 g/mol. The molecule has 5 nitrogen and oxygen atoms in total. The maximum Gasteiger partial charge on any atom is 0.370 e. The molecule has 2 atom stereocenters. The maximum absolute atomic E-state index is 11.5. The first-order valence-corrected chi connectivity index (χ1v) is 4.87. The maximum atomic E-state index is 11.5. The fourth-order valence-corrected chi connectivity index (χ4v) is 1.24. The van der Waals surface area contributed by atoms with Crippen molar-refractivity contribution in [3.05, 3.63) is 0 Å². The molecular formula is C10H18O5. The van der Waals surface area contributed by atoms with Gasteiger partial charge in [0.2, 0.25) is 0 Å². The average Bonchev–Trinajstić information content (AvgIpc) is 1.99. The van der Waals surface area contributed by atoms with Crippen LogP contribution in [0.2, 0.25) is 0 Å². The van der Waals surface area contributed by atoms with Gasteiger partial charge in [-0.25, -0.2) is 4.79 Å². The Kier molecular flexibility index (Phi) is 2.62. The van der Waals surface area contributed by atoms with Crippen LogP contribution in [0.25, 0.3) is 0 Å². The first kappa shape index (κ1) is 12.4. The monoisotopic (exact) mass is 218 g/mol. The average molecular weight is 218 g/mol. The highest BCUT2D eigenvalue weighted by molar-refractivity contribution is 5.79. The fraction of sp³-hybridized carbons (Fsp3) is 0.900. The third-order valence-corrected chi connectivity index (χ3v) is 3.07. The van der Waals surface area contributed by atoms with E-state index < -0.39 is 29.1 Å². The van der Waals surface area contributed by atoms with Gasteiger partial charge in [-0.15, -0.1) is 0 Å². The van der Waals surface area contributed by atoms with Crippen molar-refractivity contribution in [2.45, 2.75) is 57.7 Å². The first-order valence-electron chi connectivity index (χ1n) is 4.87. The van der Waals surface area contributed by atoms with Crippen molar-refractivity contribution in [2.75, 3.05) is 0 Å². The summed E-state index contributed by atoms with van der Waals surface area (Å²) in [6.45, 7) is 8.02. The van der Waals surface area contributed by atoms with Crippen LogP contribution in [0.15, 0.2) is 0 Å². The molecule has 0 aliphatic carbocycles. The lowest BCUT2D eigenvalue weighted by Gasteiger charge is -2.50. The summed E-state index contributed by atoms with van der Waals surface area (Å²) < 4.78 is 10.4. The minimum absolute atomic E-state index is 0.856. The number of rotatable bonds is 1. The second kappa shape index (κ2) is 3.17. The number of aliphatic hydroxyl groups is 2. The summed E-state index contributed by atoms with van der Waals surface area (Å²) >= 11 is 0. The van der Waals surface area contributed by atoms with Gasteiger partial charge in [-0.1, -0.05) is 0 Å². The van der Waals surface area contributed by atoms with E-state index in [4.69, 9.17) is 9.47 Å². The van der Waals surface area contributed by atoms with Crippen LogP contribution in [0.1, 0.15) is 34.6 Å². The largest absolute Gasteiger partial charge is 0.453 e. The molecule has 2 N–H and O–H groups in total. The van der Waals surface area contributed by atoms with E-state index in [0.717, 1.165) is 0 Å². The van der Waals surface area contributed by atoms with Crippen molar-refractivity contribution in [2.24, 2.45) is 0 Å². The molecule has 0 radical (unpaired) electrons. The van der Waals surface area contributed by atoms with Crippen LogP contribution >= 0.6 is 0 Å². The lowest BCUT2D eigenvalue weighted by molar-refractivity contribution is -0.352. The van der Waals surface area contributed by atoms with Gasteiger partial charge in [0.05, 0.1) is 0 Å². The van der Waals surface area contributed by atoms with Crippen LogP contribution in [-0.2, 0) is 14.3 Å². The van der Waals surface area contributed by atoms with Crippen LogP contribution in [-0.4, -0.2) is 39.3 Å².